The molecule has 0 saturated heterocycles. The van der Waals surface area contributed by atoms with Crippen LogP contribution in [-0.2, 0) is 16.9 Å². The zero-order valence-electron chi connectivity index (χ0n) is 16.5. The summed E-state index contributed by atoms with van der Waals surface area (Å²) >= 11 is 0. The normalized spacial score (nSPS) is 11.5. The van der Waals surface area contributed by atoms with Gasteiger partial charge in [0.25, 0.3) is 5.56 Å². The van der Waals surface area contributed by atoms with E-state index in [2.05, 4.69) is 15.4 Å². The van der Waals surface area contributed by atoms with Gasteiger partial charge in [0.05, 0.1) is 31.6 Å². The van der Waals surface area contributed by atoms with Crippen molar-refractivity contribution < 1.29 is 14.3 Å². The number of anilines is 1. The van der Waals surface area contributed by atoms with Crippen molar-refractivity contribution in [3.05, 3.63) is 41.1 Å². The molecule has 0 atom stereocenters. The molecule has 2 aromatic heterocycles. The van der Waals surface area contributed by atoms with E-state index in [-0.39, 0.29) is 17.6 Å². The molecule has 0 spiro atoms. The Kier molecular flexibility index (Phi) is 5.08. The monoisotopic (exact) mass is 385 g/mol. The van der Waals surface area contributed by atoms with Gasteiger partial charge in [-0.05, 0) is 32.9 Å². The molecule has 2 heterocycles. The highest BCUT2D eigenvalue weighted by atomic mass is 16.5. The summed E-state index contributed by atoms with van der Waals surface area (Å²) in [4.78, 5) is 29.5. The molecule has 1 amide bonds. The quantitative estimate of drug-likeness (QED) is 0.721. The van der Waals surface area contributed by atoms with E-state index in [1.54, 1.807) is 22.9 Å². The number of carbonyl (C=O) groups is 1. The van der Waals surface area contributed by atoms with Gasteiger partial charge in [0.15, 0.2) is 5.65 Å². The van der Waals surface area contributed by atoms with Crippen molar-refractivity contribution in [3.8, 4) is 11.5 Å². The highest BCUT2D eigenvalue weighted by Gasteiger charge is 2.20. The fourth-order valence-electron chi connectivity index (χ4n) is 2.81. The molecule has 9 heteroatoms. The first-order valence-electron chi connectivity index (χ1n) is 8.70. The Morgan fingerprint density at radius 2 is 1.96 bits per heavy atom. The van der Waals surface area contributed by atoms with Crippen molar-refractivity contribution in [2.24, 2.45) is 0 Å². The highest BCUT2D eigenvalue weighted by Crippen LogP contribution is 2.28. The van der Waals surface area contributed by atoms with Crippen LogP contribution in [0.1, 0.15) is 20.8 Å². The Morgan fingerprint density at radius 3 is 2.61 bits per heavy atom. The van der Waals surface area contributed by atoms with Crippen molar-refractivity contribution in [1.29, 1.82) is 0 Å². The predicted molar refractivity (Wildman–Crippen MR) is 105 cm³/mol. The van der Waals surface area contributed by atoms with Crippen LogP contribution in [0.4, 0.5) is 5.69 Å². The van der Waals surface area contributed by atoms with Gasteiger partial charge in [0.2, 0.25) is 5.91 Å². The molecule has 3 aromatic rings. The van der Waals surface area contributed by atoms with Crippen molar-refractivity contribution in [2.75, 3.05) is 19.5 Å². The maximum atomic E-state index is 12.7. The van der Waals surface area contributed by atoms with E-state index in [9.17, 15) is 9.59 Å². The number of methoxy groups -OCH3 is 2. The first kappa shape index (κ1) is 19.4. The number of benzene rings is 1. The molecule has 1 N–H and O–H groups in total. The van der Waals surface area contributed by atoms with Gasteiger partial charge in [-0.15, -0.1) is 0 Å². The van der Waals surface area contributed by atoms with E-state index in [0.29, 0.717) is 28.2 Å². The lowest BCUT2D eigenvalue weighted by atomic mass is 10.1. The molecule has 28 heavy (non-hydrogen) atoms. The third-order valence-electron chi connectivity index (χ3n) is 4.18. The molecule has 0 aliphatic rings. The minimum absolute atomic E-state index is 0.192. The van der Waals surface area contributed by atoms with Crippen molar-refractivity contribution >= 4 is 22.6 Å². The van der Waals surface area contributed by atoms with Crippen LogP contribution in [0.25, 0.3) is 11.0 Å². The molecule has 3 rings (SSSR count). The van der Waals surface area contributed by atoms with Crippen LogP contribution < -0.4 is 20.3 Å². The molecule has 1 aromatic carbocycles. The second-order valence-electron chi connectivity index (χ2n) is 7.26. The summed E-state index contributed by atoms with van der Waals surface area (Å²) in [6.07, 6.45) is 2.84. The third-order valence-corrected chi connectivity index (χ3v) is 4.18. The van der Waals surface area contributed by atoms with Crippen LogP contribution in [0.5, 0.6) is 11.5 Å². The summed E-state index contributed by atoms with van der Waals surface area (Å²) in [5.41, 5.74) is 0.305. The van der Waals surface area contributed by atoms with E-state index in [1.165, 1.54) is 31.3 Å². The summed E-state index contributed by atoms with van der Waals surface area (Å²) in [7, 11) is 3.04. The van der Waals surface area contributed by atoms with Crippen LogP contribution in [0.3, 0.4) is 0 Å². The van der Waals surface area contributed by atoms with E-state index < -0.39 is 5.91 Å². The lowest BCUT2D eigenvalue weighted by Gasteiger charge is -2.19. The Balaban J connectivity index is 1.86. The van der Waals surface area contributed by atoms with E-state index >= 15 is 0 Å². The molecule has 0 unspecified atom stereocenters. The zero-order valence-corrected chi connectivity index (χ0v) is 16.5. The maximum absolute atomic E-state index is 12.7. The van der Waals surface area contributed by atoms with Gasteiger partial charge in [-0.25, -0.2) is 9.67 Å². The number of hydrogen-bond donors (Lipinski definition) is 1. The topological polar surface area (TPSA) is 100 Å². The number of amides is 1. The van der Waals surface area contributed by atoms with Gasteiger partial charge in [-0.1, -0.05) is 0 Å². The van der Waals surface area contributed by atoms with Crippen molar-refractivity contribution in [2.45, 2.75) is 32.9 Å². The van der Waals surface area contributed by atoms with Crippen LogP contribution in [-0.4, -0.2) is 39.5 Å². The van der Waals surface area contributed by atoms with Crippen molar-refractivity contribution in [3.63, 3.8) is 0 Å². The number of fused-ring (bicyclic) bond motifs is 1. The number of hydrogen-bond acceptors (Lipinski definition) is 6. The average Bonchev–Trinajstić information content (AvgIpc) is 3.09. The van der Waals surface area contributed by atoms with Gasteiger partial charge in [-0.2, -0.15) is 5.10 Å². The SMILES string of the molecule is COc1ccc(OC)c(NC(=O)Cn2cnc3c(cnn3C(C)(C)C)c2=O)c1. The summed E-state index contributed by atoms with van der Waals surface area (Å²) in [5, 5.41) is 7.37. The molecule has 148 valence electrons. The predicted octanol–water partition coefficient (Wildman–Crippen LogP) is 2.00. The van der Waals surface area contributed by atoms with Gasteiger partial charge in [-0.3, -0.25) is 14.2 Å². The fraction of sp³-hybridized carbons (Fsp3) is 0.368. The number of nitrogens with zero attached hydrogens (tertiary/aromatic N) is 4. The maximum Gasteiger partial charge on any atom is 0.264 e. The Bertz CT molecular complexity index is 1080. The van der Waals surface area contributed by atoms with Crippen LogP contribution >= 0.6 is 0 Å². The standard InChI is InChI=1S/C19H23N5O4/c1-19(2,3)24-17-13(9-21-24)18(26)23(11-20-17)10-16(25)22-14-8-12(27-4)6-7-15(14)28-5/h6-9,11H,10H2,1-5H3,(H,22,25). The lowest BCUT2D eigenvalue weighted by molar-refractivity contribution is -0.116. The number of aromatic nitrogens is 4. The van der Waals surface area contributed by atoms with Gasteiger partial charge >= 0.3 is 0 Å². The molecule has 0 fully saturated rings. The fourth-order valence-corrected chi connectivity index (χ4v) is 2.81. The Labute approximate surface area is 161 Å². The van der Waals surface area contributed by atoms with Gasteiger partial charge < -0.3 is 14.8 Å². The number of nitrogens with one attached hydrogen (secondary N) is 1. The lowest BCUT2D eigenvalue weighted by Crippen LogP contribution is -2.29. The number of carbonyl (C=O) groups excluding carboxylic acids is 1. The molecule has 0 aliphatic carbocycles. The molecular formula is C19H23N5O4. The second kappa shape index (κ2) is 7.34. The Hall–Kier alpha value is -3.36. The zero-order chi connectivity index (χ0) is 20.5. The first-order chi connectivity index (χ1) is 13.2. The van der Waals surface area contributed by atoms with E-state index in [1.807, 2.05) is 20.8 Å². The average molecular weight is 385 g/mol. The number of rotatable bonds is 5. The summed E-state index contributed by atoms with van der Waals surface area (Å²) in [5.74, 6) is 0.672. The largest absolute Gasteiger partial charge is 0.497 e. The first-order valence-corrected chi connectivity index (χ1v) is 8.70. The van der Waals surface area contributed by atoms with Crippen LogP contribution in [0, 0.1) is 0 Å². The smallest absolute Gasteiger partial charge is 0.264 e. The molecular weight excluding hydrogens is 362 g/mol. The summed E-state index contributed by atoms with van der Waals surface area (Å²) in [6, 6.07) is 5.06. The highest BCUT2D eigenvalue weighted by molar-refractivity contribution is 5.92. The van der Waals surface area contributed by atoms with Gasteiger partial charge in [0.1, 0.15) is 29.8 Å². The Morgan fingerprint density at radius 1 is 1.21 bits per heavy atom. The summed E-state index contributed by atoms with van der Waals surface area (Å²) in [6.45, 7) is 5.73. The van der Waals surface area contributed by atoms with Gasteiger partial charge in [0, 0.05) is 6.07 Å². The minimum Gasteiger partial charge on any atom is -0.497 e. The molecule has 0 bridgehead atoms. The van der Waals surface area contributed by atoms with E-state index in [0.717, 1.165) is 0 Å². The minimum atomic E-state index is -0.391. The molecule has 0 aliphatic heterocycles. The van der Waals surface area contributed by atoms with E-state index in [4.69, 9.17) is 9.47 Å². The van der Waals surface area contributed by atoms with Crippen molar-refractivity contribution in [1.82, 2.24) is 19.3 Å². The van der Waals surface area contributed by atoms with Crippen LogP contribution in [0.15, 0.2) is 35.5 Å². The van der Waals surface area contributed by atoms with Crippen LogP contribution in [0.2, 0.25) is 0 Å². The summed E-state index contributed by atoms with van der Waals surface area (Å²) < 4.78 is 13.4. The molecule has 0 saturated carbocycles. The molecule has 0 radical (unpaired) electrons. The molecule has 9 nitrogen and oxygen atoms in total. The number of ether oxygens (including phenoxy) is 2. The second-order valence-corrected chi connectivity index (χ2v) is 7.26. The third kappa shape index (κ3) is 3.68.